The zero-order valence-corrected chi connectivity index (χ0v) is 14.7. The van der Waals surface area contributed by atoms with Gasteiger partial charge in [-0.25, -0.2) is 0 Å². The Bertz CT molecular complexity index is 978. The van der Waals surface area contributed by atoms with Crippen LogP contribution in [0.5, 0.6) is 0 Å². The lowest BCUT2D eigenvalue weighted by molar-refractivity contribution is 0.0724. The smallest absolute Gasteiger partial charge is 0.270 e. The van der Waals surface area contributed by atoms with E-state index in [0.717, 1.165) is 37.6 Å². The Morgan fingerprint density at radius 1 is 1.08 bits per heavy atom. The van der Waals surface area contributed by atoms with Crippen LogP contribution in [0.25, 0.3) is 10.8 Å². The van der Waals surface area contributed by atoms with Crippen molar-refractivity contribution in [1.82, 2.24) is 9.88 Å². The Hall–Kier alpha value is -2.88. The molecular weight excluding hydrogens is 324 g/mol. The van der Waals surface area contributed by atoms with Crippen LogP contribution >= 0.6 is 0 Å². The second-order valence-corrected chi connectivity index (χ2v) is 6.92. The highest BCUT2D eigenvalue weighted by Crippen LogP contribution is 2.24. The van der Waals surface area contributed by atoms with Gasteiger partial charge in [-0.2, -0.15) is 0 Å². The van der Waals surface area contributed by atoms with E-state index in [4.69, 9.17) is 0 Å². The fraction of sp³-hybridized carbons (Fsp3) is 0.273. The number of hydrogen-bond acceptors (Lipinski definition) is 2. The van der Waals surface area contributed by atoms with E-state index >= 15 is 0 Å². The van der Waals surface area contributed by atoms with Crippen molar-refractivity contribution >= 4 is 16.7 Å². The number of H-pyrrole nitrogens is 1. The molecule has 3 aromatic rings. The summed E-state index contributed by atoms with van der Waals surface area (Å²) >= 11 is 0. The van der Waals surface area contributed by atoms with E-state index in [-0.39, 0.29) is 17.5 Å². The van der Waals surface area contributed by atoms with E-state index in [1.165, 1.54) is 5.56 Å². The SMILES string of the molecule is O=C(c1cc2ccccc2c(=O)[nH]1)N1CCC[C@@H]1CCc1ccccc1. The summed E-state index contributed by atoms with van der Waals surface area (Å²) in [6, 6.07) is 19.8. The van der Waals surface area contributed by atoms with Gasteiger partial charge in [0.25, 0.3) is 11.5 Å². The number of nitrogens with one attached hydrogen (secondary N) is 1. The van der Waals surface area contributed by atoms with Crippen molar-refractivity contribution in [1.29, 1.82) is 0 Å². The molecule has 1 saturated heterocycles. The number of nitrogens with zero attached hydrogens (tertiary/aromatic N) is 1. The molecule has 0 radical (unpaired) electrons. The normalized spacial score (nSPS) is 16.9. The van der Waals surface area contributed by atoms with Crippen molar-refractivity contribution in [2.75, 3.05) is 6.54 Å². The maximum absolute atomic E-state index is 13.0. The number of pyridine rings is 1. The molecule has 1 atom stereocenters. The number of aromatic amines is 1. The number of rotatable bonds is 4. The van der Waals surface area contributed by atoms with Crippen molar-refractivity contribution in [3.8, 4) is 0 Å². The van der Waals surface area contributed by atoms with Gasteiger partial charge in [0.2, 0.25) is 0 Å². The third kappa shape index (κ3) is 3.27. The van der Waals surface area contributed by atoms with Crippen LogP contribution < -0.4 is 5.56 Å². The molecule has 1 amide bonds. The number of amides is 1. The molecule has 1 aromatic heterocycles. The van der Waals surface area contributed by atoms with E-state index in [0.29, 0.717) is 11.1 Å². The van der Waals surface area contributed by atoms with Crippen LogP contribution in [-0.4, -0.2) is 28.4 Å². The summed E-state index contributed by atoms with van der Waals surface area (Å²) < 4.78 is 0. The van der Waals surface area contributed by atoms with Crippen LogP contribution in [0.2, 0.25) is 0 Å². The summed E-state index contributed by atoms with van der Waals surface area (Å²) in [5.41, 5.74) is 1.48. The minimum atomic E-state index is -0.202. The average Bonchev–Trinajstić information content (AvgIpc) is 3.15. The monoisotopic (exact) mass is 346 g/mol. The number of carbonyl (C=O) groups excluding carboxylic acids is 1. The van der Waals surface area contributed by atoms with Gasteiger partial charge < -0.3 is 9.88 Å². The minimum absolute atomic E-state index is 0.0663. The summed E-state index contributed by atoms with van der Waals surface area (Å²) in [6.45, 7) is 0.757. The van der Waals surface area contributed by atoms with E-state index in [9.17, 15) is 9.59 Å². The van der Waals surface area contributed by atoms with Crippen molar-refractivity contribution in [3.05, 3.63) is 82.3 Å². The molecule has 1 fully saturated rings. The lowest BCUT2D eigenvalue weighted by Gasteiger charge is -2.25. The Labute approximate surface area is 152 Å². The maximum atomic E-state index is 13.0. The highest BCUT2D eigenvalue weighted by molar-refractivity contribution is 5.96. The number of aromatic nitrogens is 1. The molecule has 1 aliphatic heterocycles. The molecule has 26 heavy (non-hydrogen) atoms. The largest absolute Gasteiger partial charge is 0.334 e. The molecule has 4 heteroatoms. The van der Waals surface area contributed by atoms with Gasteiger partial charge >= 0.3 is 0 Å². The van der Waals surface area contributed by atoms with Gasteiger partial charge in [0.05, 0.1) is 0 Å². The quantitative estimate of drug-likeness (QED) is 0.782. The number of likely N-dealkylation sites (tertiary alicyclic amines) is 1. The molecule has 1 aliphatic rings. The third-order valence-electron chi connectivity index (χ3n) is 5.23. The Kier molecular flexibility index (Phi) is 4.57. The molecule has 0 bridgehead atoms. The summed E-state index contributed by atoms with van der Waals surface area (Å²) in [4.78, 5) is 30.0. The first kappa shape index (κ1) is 16.6. The van der Waals surface area contributed by atoms with E-state index in [1.54, 1.807) is 12.1 Å². The predicted molar refractivity (Wildman–Crippen MR) is 103 cm³/mol. The first-order chi connectivity index (χ1) is 12.7. The molecule has 1 N–H and O–H groups in total. The van der Waals surface area contributed by atoms with Crippen molar-refractivity contribution < 1.29 is 4.79 Å². The molecule has 0 saturated carbocycles. The fourth-order valence-electron chi connectivity index (χ4n) is 3.86. The van der Waals surface area contributed by atoms with E-state index < -0.39 is 0 Å². The summed E-state index contributed by atoms with van der Waals surface area (Å²) in [5.74, 6) is -0.0663. The summed E-state index contributed by atoms with van der Waals surface area (Å²) in [5, 5.41) is 1.42. The first-order valence-electron chi connectivity index (χ1n) is 9.19. The van der Waals surface area contributed by atoms with Gasteiger partial charge in [0, 0.05) is 18.0 Å². The van der Waals surface area contributed by atoms with Crippen LogP contribution in [0.1, 0.15) is 35.3 Å². The zero-order chi connectivity index (χ0) is 17.9. The van der Waals surface area contributed by atoms with Crippen molar-refractivity contribution in [2.45, 2.75) is 31.7 Å². The van der Waals surface area contributed by atoms with Gasteiger partial charge in [-0.1, -0.05) is 48.5 Å². The minimum Gasteiger partial charge on any atom is -0.334 e. The van der Waals surface area contributed by atoms with Gasteiger partial charge in [0.15, 0.2) is 0 Å². The van der Waals surface area contributed by atoms with E-state index in [1.807, 2.05) is 41.3 Å². The molecule has 4 nitrogen and oxygen atoms in total. The Balaban J connectivity index is 1.54. The van der Waals surface area contributed by atoms with Crippen LogP contribution in [-0.2, 0) is 6.42 Å². The van der Waals surface area contributed by atoms with Gasteiger partial charge in [-0.15, -0.1) is 0 Å². The molecule has 4 rings (SSSR count). The highest BCUT2D eigenvalue weighted by atomic mass is 16.2. The molecule has 0 aliphatic carbocycles. The lowest BCUT2D eigenvalue weighted by atomic mass is 10.0. The average molecular weight is 346 g/mol. The summed E-state index contributed by atoms with van der Waals surface area (Å²) in [6.07, 6.45) is 3.95. The molecule has 132 valence electrons. The number of carbonyl (C=O) groups is 1. The molecule has 0 spiro atoms. The highest BCUT2D eigenvalue weighted by Gasteiger charge is 2.29. The maximum Gasteiger partial charge on any atom is 0.270 e. The van der Waals surface area contributed by atoms with Crippen LogP contribution in [0, 0.1) is 0 Å². The summed E-state index contributed by atoms with van der Waals surface area (Å²) in [7, 11) is 0. The third-order valence-corrected chi connectivity index (χ3v) is 5.23. The second kappa shape index (κ2) is 7.16. The van der Waals surface area contributed by atoms with E-state index in [2.05, 4.69) is 17.1 Å². The van der Waals surface area contributed by atoms with Gasteiger partial charge in [-0.05, 0) is 48.8 Å². The van der Waals surface area contributed by atoms with Crippen molar-refractivity contribution in [2.24, 2.45) is 0 Å². The Morgan fingerprint density at radius 3 is 2.69 bits per heavy atom. The molecule has 2 aromatic carbocycles. The molecule has 0 unspecified atom stereocenters. The number of hydrogen-bond donors (Lipinski definition) is 1. The number of aryl methyl sites for hydroxylation is 1. The Morgan fingerprint density at radius 2 is 1.85 bits per heavy atom. The number of benzene rings is 2. The fourth-order valence-corrected chi connectivity index (χ4v) is 3.86. The topological polar surface area (TPSA) is 53.2 Å². The molecule has 2 heterocycles. The predicted octanol–water partition coefficient (Wildman–Crippen LogP) is 3.77. The molecular formula is C22H22N2O2. The van der Waals surface area contributed by atoms with Crippen molar-refractivity contribution in [3.63, 3.8) is 0 Å². The van der Waals surface area contributed by atoms with Gasteiger partial charge in [0.1, 0.15) is 5.69 Å². The van der Waals surface area contributed by atoms with Crippen LogP contribution in [0.4, 0.5) is 0 Å². The van der Waals surface area contributed by atoms with Gasteiger partial charge in [-0.3, -0.25) is 9.59 Å². The second-order valence-electron chi connectivity index (χ2n) is 6.92. The number of fused-ring (bicyclic) bond motifs is 1. The van der Waals surface area contributed by atoms with Crippen LogP contribution in [0.15, 0.2) is 65.5 Å². The lowest BCUT2D eigenvalue weighted by Crippen LogP contribution is -2.37. The zero-order valence-electron chi connectivity index (χ0n) is 14.7. The van der Waals surface area contributed by atoms with Crippen LogP contribution in [0.3, 0.4) is 0 Å². The first-order valence-corrected chi connectivity index (χ1v) is 9.19. The standard InChI is InChI=1S/C22H22N2O2/c25-21-19-11-5-4-9-17(19)15-20(23-21)22(26)24-14-6-10-18(24)13-12-16-7-2-1-3-8-16/h1-5,7-9,11,15,18H,6,10,12-14H2,(H,23,25)/t18-/m1/s1.